The summed E-state index contributed by atoms with van der Waals surface area (Å²) < 4.78 is 6.06. The fourth-order valence-electron chi connectivity index (χ4n) is 2.14. The van der Waals surface area contributed by atoms with Gasteiger partial charge < -0.3 is 10.1 Å². The maximum atomic E-state index is 6.06. The summed E-state index contributed by atoms with van der Waals surface area (Å²) in [5.41, 5.74) is 2.69. The number of likely N-dealkylation sites (N-methyl/N-ethyl adjacent to an activating group) is 1. The number of nitrogens with one attached hydrogen (secondary N) is 1. The van der Waals surface area contributed by atoms with Crippen molar-refractivity contribution in [3.8, 4) is 0 Å². The lowest BCUT2D eigenvalue weighted by Gasteiger charge is -2.27. The van der Waals surface area contributed by atoms with Crippen LogP contribution in [0.4, 0.5) is 0 Å². The van der Waals surface area contributed by atoms with Crippen LogP contribution in [0.15, 0.2) is 24.3 Å². The van der Waals surface area contributed by atoms with Crippen molar-refractivity contribution in [1.29, 1.82) is 0 Å². The van der Waals surface area contributed by atoms with Gasteiger partial charge in [0.05, 0.1) is 18.2 Å². The zero-order chi connectivity index (χ0) is 15.0. The van der Waals surface area contributed by atoms with Crippen molar-refractivity contribution in [2.45, 2.75) is 65.5 Å². The van der Waals surface area contributed by atoms with Crippen LogP contribution in [0.3, 0.4) is 0 Å². The highest BCUT2D eigenvalue weighted by Gasteiger charge is 2.19. The molecule has 1 aromatic carbocycles. The Balaban J connectivity index is 2.69. The van der Waals surface area contributed by atoms with E-state index < -0.39 is 0 Å². The van der Waals surface area contributed by atoms with Gasteiger partial charge in [0.25, 0.3) is 0 Å². The van der Waals surface area contributed by atoms with E-state index >= 15 is 0 Å². The van der Waals surface area contributed by atoms with Crippen molar-refractivity contribution in [3.63, 3.8) is 0 Å². The minimum atomic E-state index is -0.0458. The van der Waals surface area contributed by atoms with Crippen LogP contribution in [0.2, 0.25) is 0 Å². The molecular weight excluding hydrogens is 246 g/mol. The lowest BCUT2D eigenvalue weighted by Crippen LogP contribution is -2.31. The Labute approximate surface area is 124 Å². The molecule has 0 aliphatic rings. The van der Waals surface area contributed by atoms with E-state index in [2.05, 4.69) is 64.2 Å². The van der Waals surface area contributed by atoms with Crippen LogP contribution in [-0.2, 0) is 11.2 Å². The molecule has 1 rings (SSSR count). The first-order valence-corrected chi connectivity index (χ1v) is 7.98. The van der Waals surface area contributed by atoms with Gasteiger partial charge >= 0.3 is 0 Å². The van der Waals surface area contributed by atoms with Crippen LogP contribution >= 0.6 is 0 Å². The minimum absolute atomic E-state index is 0.0458. The van der Waals surface area contributed by atoms with E-state index in [1.807, 2.05) is 0 Å². The van der Waals surface area contributed by atoms with Crippen LogP contribution < -0.4 is 5.32 Å². The molecule has 0 heterocycles. The standard InChI is InChI=1S/C18H31NO/c1-6-9-15-10-12-16(13-11-15)17(19-8-3)14-20-18(4,5)7-2/h10-13,17,19H,6-9,14H2,1-5H3. The molecule has 0 radical (unpaired) electrons. The highest BCUT2D eigenvalue weighted by Crippen LogP contribution is 2.20. The van der Waals surface area contributed by atoms with Gasteiger partial charge in [-0.25, -0.2) is 0 Å². The topological polar surface area (TPSA) is 21.3 Å². The van der Waals surface area contributed by atoms with Crippen LogP contribution in [0, 0.1) is 0 Å². The van der Waals surface area contributed by atoms with E-state index in [-0.39, 0.29) is 11.6 Å². The first-order valence-electron chi connectivity index (χ1n) is 7.98. The molecule has 20 heavy (non-hydrogen) atoms. The summed E-state index contributed by atoms with van der Waals surface area (Å²) >= 11 is 0. The van der Waals surface area contributed by atoms with Crippen molar-refractivity contribution in [2.75, 3.05) is 13.2 Å². The van der Waals surface area contributed by atoms with Gasteiger partial charge in [-0.2, -0.15) is 0 Å². The van der Waals surface area contributed by atoms with Crippen LogP contribution in [0.1, 0.15) is 64.6 Å². The highest BCUT2D eigenvalue weighted by atomic mass is 16.5. The second-order valence-electron chi connectivity index (χ2n) is 6.03. The number of rotatable bonds is 9. The van der Waals surface area contributed by atoms with Gasteiger partial charge in [0, 0.05) is 0 Å². The first kappa shape index (κ1) is 17.2. The monoisotopic (exact) mass is 277 g/mol. The molecule has 0 aromatic heterocycles. The molecule has 0 saturated carbocycles. The quantitative estimate of drug-likeness (QED) is 0.718. The molecule has 0 spiro atoms. The lowest BCUT2D eigenvalue weighted by molar-refractivity contribution is -0.0306. The first-order chi connectivity index (χ1) is 9.52. The average Bonchev–Trinajstić information content (AvgIpc) is 2.45. The number of hydrogen-bond donors (Lipinski definition) is 1. The Hall–Kier alpha value is -0.860. The normalized spacial score (nSPS) is 13.4. The Morgan fingerprint density at radius 3 is 2.25 bits per heavy atom. The molecule has 114 valence electrons. The van der Waals surface area contributed by atoms with Crippen LogP contribution in [0.25, 0.3) is 0 Å². The summed E-state index contributed by atoms with van der Waals surface area (Å²) in [7, 11) is 0. The molecule has 0 fully saturated rings. The summed E-state index contributed by atoms with van der Waals surface area (Å²) in [6, 6.07) is 9.24. The molecule has 0 amide bonds. The third-order valence-electron chi connectivity index (χ3n) is 3.86. The molecule has 1 unspecified atom stereocenters. The van der Waals surface area contributed by atoms with Gasteiger partial charge in [-0.1, -0.05) is 51.5 Å². The number of ether oxygens (including phenoxy) is 1. The molecule has 1 N–H and O–H groups in total. The van der Waals surface area contributed by atoms with Crippen molar-refractivity contribution < 1.29 is 4.74 Å². The van der Waals surface area contributed by atoms with E-state index in [0.717, 1.165) is 26.0 Å². The summed E-state index contributed by atoms with van der Waals surface area (Å²) in [5, 5.41) is 3.52. The molecule has 1 atom stereocenters. The molecule has 2 nitrogen and oxygen atoms in total. The van der Waals surface area contributed by atoms with E-state index in [0.29, 0.717) is 0 Å². The lowest BCUT2D eigenvalue weighted by atomic mass is 10.0. The Morgan fingerprint density at radius 2 is 1.75 bits per heavy atom. The second-order valence-corrected chi connectivity index (χ2v) is 6.03. The second kappa shape index (κ2) is 8.43. The number of hydrogen-bond acceptors (Lipinski definition) is 2. The smallest absolute Gasteiger partial charge is 0.0668 e. The van der Waals surface area contributed by atoms with E-state index in [1.54, 1.807) is 0 Å². The summed E-state index contributed by atoms with van der Waals surface area (Å²) in [5.74, 6) is 0. The van der Waals surface area contributed by atoms with Gasteiger partial charge in [0.2, 0.25) is 0 Å². The molecule has 0 saturated heterocycles. The zero-order valence-electron chi connectivity index (χ0n) is 13.8. The summed E-state index contributed by atoms with van der Waals surface area (Å²) in [6.45, 7) is 12.5. The zero-order valence-corrected chi connectivity index (χ0v) is 13.8. The minimum Gasteiger partial charge on any atom is -0.374 e. The Kier molecular flexibility index (Phi) is 7.25. The summed E-state index contributed by atoms with van der Waals surface area (Å²) in [4.78, 5) is 0. The molecular formula is C18H31NO. The van der Waals surface area contributed by atoms with Gasteiger partial charge in [-0.05, 0) is 44.4 Å². The van der Waals surface area contributed by atoms with Crippen molar-refractivity contribution in [3.05, 3.63) is 35.4 Å². The van der Waals surface area contributed by atoms with E-state index in [4.69, 9.17) is 4.74 Å². The Bertz CT molecular complexity index is 370. The maximum absolute atomic E-state index is 6.06. The van der Waals surface area contributed by atoms with Crippen molar-refractivity contribution in [2.24, 2.45) is 0 Å². The molecule has 0 aliphatic carbocycles. The third-order valence-corrected chi connectivity index (χ3v) is 3.86. The van der Waals surface area contributed by atoms with Gasteiger partial charge in [0.15, 0.2) is 0 Å². The molecule has 0 bridgehead atoms. The maximum Gasteiger partial charge on any atom is 0.0668 e. The van der Waals surface area contributed by atoms with Crippen molar-refractivity contribution >= 4 is 0 Å². The molecule has 2 heteroatoms. The van der Waals surface area contributed by atoms with Crippen molar-refractivity contribution in [1.82, 2.24) is 5.32 Å². The largest absolute Gasteiger partial charge is 0.374 e. The van der Waals surface area contributed by atoms with Gasteiger partial charge in [-0.3, -0.25) is 0 Å². The third kappa shape index (κ3) is 5.64. The highest BCUT2D eigenvalue weighted by molar-refractivity contribution is 5.25. The van der Waals surface area contributed by atoms with Gasteiger partial charge in [-0.15, -0.1) is 0 Å². The van der Waals surface area contributed by atoms with Crippen LogP contribution in [0.5, 0.6) is 0 Å². The fraction of sp³-hybridized carbons (Fsp3) is 0.667. The SMILES string of the molecule is CCCc1ccc(C(COC(C)(C)CC)NCC)cc1. The predicted octanol–water partition coefficient (Wildman–Crippen LogP) is 4.49. The Morgan fingerprint density at radius 1 is 1.10 bits per heavy atom. The average molecular weight is 277 g/mol. The number of benzene rings is 1. The fourth-order valence-corrected chi connectivity index (χ4v) is 2.14. The molecule has 0 aliphatic heterocycles. The number of aryl methyl sites for hydroxylation is 1. The molecule has 1 aromatic rings. The van der Waals surface area contributed by atoms with E-state index in [1.165, 1.54) is 17.5 Å². The van der Waals surface area contributed by atoms with E-state index in [9.17, 15) is 0 Å². The predicted molar refractivity (Wildman–Crippen MR) is 87.2 cm³/mol. The summed E-state index contributed by atoms with van der Waals surface area (Å²) in [6.07, 6.45) is 3.39. The van der Waals surface area contributed by atoms with Gasteiger partial charge in [0.1, 0.15) is 0 Å². The van der Waals surface area contributed by atoms with Crippen LogP contribution in [-0.4, -0.2) is 18.8 Å².